The van der Waals surface area contributed by atoms with Crippen LogP contribution in [0.15, 0.2) is 82.6 Å². The maximum atomic E-state index is 14.0. The summed E-state index contributed by atoms with van der Waals surface area (Å²) in [5.41, 5.74) is 2.06. The maximum absolute atomic E-state index is 14.0. The molecule has 41 heavy (non-hydrogen) atoms. The van der Waals surface area contributed by atoms with E-state index in [1.807, 2.05) is 39.2 Å². The summed E-state index contributed by atoms with van der Waals surface area (Å²) < 4.78 is 34.4. The summed E-state index contributed by atoms with van der Waals surface area (Å²) in [6.07, 6.45) is 2.65. The Morgan fingerprint density at radius 2 is 1.66 bits per heavy atom. The van der Waals surface area contributed by atoms with Gasteiger partial charge in [0, 0.05) is 17.5 Å². The summed E-state index contributed by atoms with van der Waals surface area (Å²) in [7, 11) is -2.56. The average molecular weight is 598 g/mol. The number of benzene rings is 3. The van der Waals surface area contributed by atoms with Crippen molar-refractivity contribution < 1.29 is 22.7 Å². The summed E-state index contributed by atoms with van der Waals surface area (Å²) in [5, 5.41) is 2.94. The van der Waals surface area contributed by atoms with Crippen LogP contribution in [0.5, 0.6) is 5.75 Å². The Morgan fingerprint density at radius 3 is 2.24 bits per heavy atom. The molecule has 0 aliphatic rings. The molecule has 3 aromatic carbocycles. The molecule has 0 unspecified atom stereocenters. The largest absolute Gasteiger partial charge is 0.497 e. The van der Waals surface area contributed by atoms with E-state index in [0.717, 1.165) is 26.7 Å². The fraction of sp³-hybridized carbons (Fsp3) is 0.355. The summed E-state index contributed by atoms with van der Waals surface area (Å²) >= 11 is 1.51. The molecule has 3 aromatic rings. The number of thioether (sulfide) groups is 1. The summed E-state index contributed by atoms with van der Waals surface area (Å²) in [4.78, 5) is 29.6. The van der Waals surface area contributed by atoms with Gasteiger partial charge in [0.1, 0.15) is 18.3 Å². The smallest absolute Gasteiger partial charge is 0.264 e. The van der Waals surface area contributed by atoms with Crippen molar-refractivity contribution in [2.75, 3.05) is 24.2 Å². The Balaban J connectivity index is 2.03. The van der Waals surface area contributed by atoms with Crippen LogP contribution in [0.3, 0.4) is 0 Å². The fourth-order valence-electron chi connectivity index (χ4n) is 4.13. The Kier molecular flexibility index (Phi) is 11.3. The SMILES string of the molecule is CC[C@@H](C)NC(=O)[C@@H](C)N(Cc1cccc(OC)c1)C(=O)CN(c1ccc(C)cc1)S(=O)(=O)c1ccc(SC)cc1. The van der Waals surface area contributed by atoms with Gasteiger partial charge in [-0.1, -0.05) is 36.8 Å². The van der Waals surface area contributed by atoms with Crippen molar-refractivity contribution in [2.24, 2.45) is 0 Å². The van der Waals surface area contributed by atoms with Gasteiger partial charge in [-0.2, -0.15) is 0 Å². The van der Waals surface area contributed by atoms with Gasteiger partial charge in [-0.3, -0.25) is 13.9 Å². The third-order valence-electron chi connectivity index (χ3n) is 6.90. The zero-order chi connectivity index (χ0) is 30.2. The first-order chi connectivity index (χ1) is 19.5. The molecule has 0 spiro atoms. The molecule has 0 bridgehead atoms. The molecule has 2 amide bonds. The highest BCUT2D eigenvalue weighted by Crippen LogP contribution is 2.27. The summed E-state index contributed by atoms with van der Waals surface area (Å²) in [6.45, 7) is 7.03. The third kappa shape index (κ3) is 8.27. The summed E-state index contributed by atoms with van der Waals surface area (Å²) in [5.74, 6) is -0.207. The van der Waals surface area contributed by atoms with Crippen molar-refractivity contribution in [1.29, 1.82) is 0 Å². The molecule has 0 aliphatic heterocycles. The second-order valence-corrected chi connectivity index (χ2v) is 12.6. The van der Waals surface area contributed by atoms with Gasteiger partial charge in [0.2, 0.25) is 11.8 Å². The lowest BCUT2D eigenvalue weighted by atomic mass is 10.1. The van der Waals surface area contributed by atoms with Crippen LogP contribution in [0, 0.1) is 6.92 Å². The molecule has 0 aliphatic carbocycles. The van der Waals surface area contributed by atoms with Crippen molar-refractivity contribution in [2.45, 2.75) is 62.5 Å². The number of anilines is 1. The van der Waals surface area contributed by atoms with Crippen molar-refractivity contribution in [3.8, 4) is 5.75 Å². The van der Waals surface area contributed by atoms with Crippen LogP contribution in [0.2, 0.25) is 0 Å². The first-order valence-corrected chi connectivity index (χ1v) is 16.1. The van der Waals surface area contributed by atoms with Crippen LogP contribution in [0.4, 0.5) is 5.69 Å². The van der Waals surface area contributed by atoms with Gasteiger partial charge in [0.05, 0.1) is 17.7 Å². The molecular formula is C31H39N3O5S2. The number of nitrogens with zero attached hydrogens (tertiary/aromatic N) is 2. The lowest BCUT2D eigenvalue weighted by Gasteiger charge is -2.32. The lowest BCUT2D eigenvalue weighted by molar-refractivity contribution is -0.139. The van der Waals surface area contributed by atoms with Crippen molar-refractivity contribution in [3.63, 3.8) is 0 Å². The predicted octanol–water partition coefficient (Wildman–Crippen LogP) is 5.25. The van der Waals surface area contributed by atoms with E-state index in [-0.39, 0.29) is 23.4 Å². The van der Waals surface area contributed by atoms with E-state index in [2.05, 4.69) is 5.32 Å². The molecule has 0 radical (unpaired) electrons. The number of ether oxygens (including phenoxy) is 1. The molecule has 0 fully saturated rings. The fourth-order valence-corrected chi connectivity index (χ4v) is 5.95. The normalized spacial score (nSPS) is 12.7. The molecule has 0 heterocycles. The maximum Gasteiger partial charge on any atom is 0.264 e. The number of hydrogen-bond acceptors (Lipinski definition) is 6. The van der Waals surface area contributed by atoms with Crippen LogP contribution in [-0.2, 0) is 26.2 Å². The highest BCUT2D eigenvalue weighted by molar-refractivity contribution is 7.98. The third-order valence-corrected chi connectivity index (χ3v) is 9.44. The zero-order valence-corrected chi connectivity index (χ0v) is 26.1. The Morgan fingerprint density at radius 1 is 1.00 bits per heavy atom. The Bertz CT molecular complexity index is 1430. The molecule has 0 aromatic heterocycles. The molecule has 0 saturated carbocycles. The van der Waals surface area contributed by atoms with E-state index in [0.29, 0.717) is 11.4 Å². The monoisotopic (exact) mass is 597 g/mol. The number of rotatable bonds is 13. The Labute approximate surface area is 248 Å². The van der Waals surface area contributed by atoms with Gasteiger partial charge in [-0.15, -0.1) is 11.8 Å². The number of hydrogen-bond donors (Lipinski definition) is 1. The number of carbonyl (C=O) groups is 2. The van der Waals surface area contributed by atoms with E-state index in [1.165, 1.54) is 16.7 Å². The molecule has 3 rings (SSSR count). The van der Waals surface area contributed by atoms with E-state index < -0.39 is 28.5 Å². The first kappa shape index (κ1) is 32.0. The van der Waals surface area contributed by atoms with E-state index in [4.69, 9.17) is 4.74 Å². The quantitative estimate of drug-likeness (QED) is 0.270. The lowest BCUT2D eigenvalue weighted by Crippen LogP contribution is -2.52. The second kappa shape index (κ2) is 14.4. The molecule has 0 saturated heterocycles. The van der Waals surface area contributed by atoms with Gasteiger partial charge in [-0.25, -0.2) is 8.42 Å². The summed E-state index contributed by atoms with van der Waals surface area (Å²) in [6, 6.07) is 19.8. The Hall–Kier alpha value is -3.50. The van der Waals surface area contributed by atoms with E-state index >= 15 is 0 Å². The van der Waals surface area contributed by atoms with Crippen LogP contribution >= 0.6 is 11.8 Å². The van der Waals surface area contributed by atoms with Gasteiger partial charge in [0.25, 0.3) is 10.0 Å². The predicted molar refractivity (Wildman–Crippen MR) is 165 cm³/mol. The van der Waals surface area contributed by atoms with Crippen molar-refractivity contribution >= 4 is 39.3 Å². The van der Waals surface area contributed by atoms with E-state index in [1.54, 1.807) is 74.7 Å². The van der Waals surface area contributed by atoms with Gasteiger partial charge in [0.15, 0.2) is 0 Å². The molecule has 1 N–H and O–H groups in total. The number of nitrogens with one attached hydrogen (secondary N) is 1. The number of amides is 2. The minimum Gasteiger partial charge on any atom is -0.497 e. The number of carbonyl (C=O) groups excluding carboxylic acids is 2. The second-order valence-electron chi connectivity index (χ2n) is 9.89. The van der Waals surface area contributed by atoms with Crippen LogP contribution in [0.25, 0.3) is 0 Å². The molecule has 2 atom stereocenters. The van der Waals surface area contributed by atoms with E-state index in [9.17, 15) is 18.0 Å². The average Bonchev–Trinajstić information content (AvgIpc) is 2.98. The standard InChI is InChI=1S/C31H39N3O5S2/c1-7-23(3)32-31(36)24(4)33(20-25-9-8-10-27(19-25)39-5)30(35)21-34(26-13-11-22(2)12-14-26)41(37,38)29-17-15-28(40-6)16-18-29/h8-19,23-24H,7,20-21H2,1-6H3,(H,32,36)/t23-,24-/m1/s1. The van der Waals surface area contributed by atoms with Crippen molar-refractivity contribution in [1.82, 2.24) is 10.2 Å². The van der Waals surface area contributed by atoms with Crippen molar-refractivity contribution in [3.05, 3.63) is 83.9 Å². The molecule has 220 valence electrons. The first-order valence-electron chi connectivity index (χ1n) is 13.5. The number of sulfonamides is 1. The van der Waals surface area contributed by atoms with Crippen LogP contribution < -0.4 is 14.4 Å². The molecular weight excluding hydrogens is 558 g/mol. The van der Waals surface area contributed by atoms with Gasteiger partial charge < -0.3 is 15.0 Å². The number of methoxy groups -OCH3 is 1. The molecule has 10 heteroatoms. The topological polar surface area (TPSA) is 96.0 Å². The van der Waals surface area contributed by atoms with Crippen LogP contribution in [0.1, 0.15) is 38.3 Å². The highest BCUT2D eigenvalue weighted by atomic mass is 32.2. The zero-order valence-electron chi connectivity index (χ0n) is 24.5. The van der Waals surface area contributed by atoms with Gasteiger partial charge in [-0.05, 0) is 87.5 Å². The minimum absolute atomic E-state index is 0.0746. The van der Waals surface area contributed by atoms with Crippen LogP contribution in [-0.4, -0.2) is 57.1 Å². The van der Waals surface area contributed by atoms with Gasteiger partial charge >= 0.3 is 0 Å². The number of aryl methyl sites for hydroxylation is 1. The molecule has 8 nitrogen and oxygen atoms in total. The highest BCUT2D eigenvalue weighted by Gasteiger charge is 2.32. The minimum atomic E-state index is -4.12.